The van der Waals surface area contributed by atoms with Gasteiger partial charge >= 0.3 is 0 Å². The van der Waals surface area contributed by atoms with E-state index in [0.717, 1.165) is 11.3 Å². The monoisotopic (exact) mass is 229 g/mol. The quantitative estimate of drug-likeness (QED) is 0.856. The Balaban J connectivity index is 2.22. The number of anilines is 1. The van der Waals surface area contributed by atoms with Gasteiger partial charge in [0.2, 0.25) is 0 Å². The van der Waals surface area contributed by atoms with Crippen LogP contribution in [0.3, 0.4) is 0 Å². The van der Waals surface area contributed by atoms with E-state index in [4.69, 9.17) is 4.42 Å². The van der Waals surface area contributed by atoms with Gasteiger partial charge in [-0.25, -0.2) is 0 Å². The van der Waals surface area contributed by atoms with Gasteiger partial charge in [-0.05, 0) is 38.5 Å². The van der Waals surface area contributed by atoms with Gasteiger partial charge in [0.1, 0.15) is 5.76 Å². The number of hydrogen-bond donors (Lipinski definition) is 1. The lowest BCUT2D eigenvalue weighted by Gasteiger charge is -2.08. The third-order valence-corrected chi connectivity index (χ3v) is 2.73. The van der Waals surface area contributed by atoms with Crippen molar-refractivity contribution >= 4 is 11.6 Å². The second-order valence-electron chi connectivity index (χ2n) is 4.16. The Bertz CT molecular complexity index is 555. The van der Waals surface area contributed by atoms with E-state index in [1.165, 1.54) is 11.8 Å². The minimum absolute atomic E-state index is 0.136. The van der Waals surface area contributed by atoms with E-state index in [1.807, 2.05) is 32.0 Å². The van der Waals surface area contributed by atoms with E-state index < -0.39 is 0 Å². The SMILES string of the molecule is Cc1ccc(NC(=O)c2ccoc2C)c(C)c1. The molecular formula is C14H15NO2. The molecular weight excluding hydrogens is 214 g/mol. The van der Waals surface area contributed by atoms with Gasteiger partial charge < -0.3 is 9.73 Å². The first-order chi connectivity index (χ1) is 8.08. The molecule has 3 nitrogen and oxygen atoms in total. The van der Waals surface area contributed by atoms with Crippen LogP contribution in [0.1, 0.15) is 27.2 Å². The van der Waals surface area contributed by atoms with Crippen molar-refractivity contribution in [3.63, 3.8) is 0 Å². The minimum Gasteiger partial charge on any atom is -0.469 e. The molecule has 1 aromatic carbocycles. The van der Waals surface area contributed by atoms with Gasteiger partial charge in [-0.2, -0.15) is 0 Å². The molecule has 1 heterocycles. The maximum Gasteiger partial charge on any atom is 0.259 e. The van der Waals surface area contributed by atoms with Crippen LogP contribution in [-0.2, 0) is 0 Å². The average molecular weight is 229 g/mol. The first-order valence-corrected chi connectivity index (χ1v) is 5.50. The van der Waals surface area contributed by atoms with E-state index in [1.54, 1.807) is 13.0 Å². The van der Waals surface area contributed by atoms with E-state index in [9.17, 15) is 4.79 Å². The first-order valence-electron chi connectivity index (χ1n) is 5.50. The van der Waals surface area contributed by atoms with Gasteiger partial charge in [-0.15, -0.1) is 0 Å². The molecule has 1 N–H and O–H groups in total. The van der Waals surface area contributed by atoms with Crippen molar-refractivity contribution in [3.05, 3.63) is 53.0 Å². The molecule has 0 aliphatic rings. The van der Waals surface area contributed by atoms with E-state index >= 15 is 0 Å². The van der Waals surface area contributed by atoms with E-state index in [0.29, 0.717) is 11.3 Å². The lowest BCUT2D eigenvalue weighted by Crippen LogP contribution is -2.12. The van der Waals surface area contributed by atoms with Crippen LogP contribution in [0.25, 0.3) is 0 Å². The highest BCUT2D eigenvalue weighted by Gasteiger charge is 2.12. The Morgan fingerprint density at radius 3 is 2.53 bits per heavy atom. The van der Waals surface area contributed by atoms with Crippen LogP contribution in [0.5, 0.6) is 0 Å². The third-order valence-electron chi connectivity index (χ3n) is 2.73. The van der Waals surface area contributed by atoms with Crippen molar-refractivity contribution in [2.45, 2.75) is 20.8 Å². The fourth-order valence-electron chi connectivity index (χ4n) is 1.76. The number of carbonyl (C=O) groups is 1. The molecule has 0 aliphatic carbocycles. The van der Waals surface area contributed by atoms with E-state index in [-0.39, 0.29) is 5.91 Å². The van der Waals surface area contributed by atoms with Crippen LogP contribution in [0.2, 0.25) is 0 Å². The molecule has 0 saturated heterocycles. The van der Waals surface area contributed by atoms with E-state index in [2.05, 4.69) is 5.32 Å². The third kappa shape index (κ3) is 2.38. The summed E-state index contributed by atoms with van der Waals surface area (Å²) in [5, 5.41) is 2.88. The van der Waals surface area contributed by atoms with Gasteiger partial charge in [-0.1, -0.05) is 17.7 Å². The Morgan fingerprint density at radius 1 is 1.18 bits per heavy atom. The molecule has 3 heteroatoms. The standard InChI is InChI=1S/C14H15NO2/c1-9-4-5-13(10(2)8-9)15-14(16)12-6-7-17-11(12)3/h4-8H,1-3H3,(H,15,16). The molecule has 0 saturated carbocycles. The normalized spacial score (nSPS) is 10.3. The molecule has 0 fully saturated rings. The van der Waals surface area contributed by atoms with Crippen LogP contribution in [0.4, 0.5) is 5.69 Å². The van der Waals surface area contributed by atoms with Crippen LogP contribution in [0, 0.1) is 20.8 Å². The molecule has 2 rings (SSSR count). The summed E-state index contributed by atoms with van der Waals surface area (Å²) >= 11 is 0. The highest BCUT2D eigenvalue weighted by molar-refractivity contribution is 6.05. The maximum atomic E-state index is 12.0. The smallest absolute Gasteiger partial charge is 0.259 e. The summed E-state index contributed by atoms with van der Waals surface area (Å²) in [6.07, 6.45) is 1.52. The lowest BCUT2D eigenvalue weighted by atomic mass is 10.1. The Kier molecular flexibility index (Phi) is 3.00. The lowest BCUT2D eigenvalue weighted by molar-refractivity contribution is 0.102. The second-order valence-corrected chi connectivity index (χ2v) is 4.16. The van der Waals surface area contributed by atoms with Crippen molar-refractivity contribution in [1.82, 2.24) is 0 Å². The van der Waals surface area contributed by atoms with Gasteiger partial charge in [0.25, 0.3) is 5.91 Å². The van der Waals surface area contributed by atoms with Gasteiger partial charge in [0.05, 0.1) is 11.8 Å². The van der Waals surface area contributed by atoms with Crippen molar-refractivity contribution in [3.8, 4) is 0 Å². The molecule has 0 bridgehead atoms. The zero-order chi connectivity index (χ0) is 12.4. The number of rotatable bonds is 2. The van der Waals surface area contributed by atoms with Crippen molar-refractivity contribution in [2.24, 2.45) is 0 Å². The van der Waals surface area contributed by atoms with Crippen molar-refractivity contribution < 1.29 is 9.21 Å². The van der Waals surface area contributed by atoms with Gasteiger partial charge in [0, 0.05) is 5.69 Å². The first kappa shape index (κ1) is 11.5. The Morgan fingerprint density at radius 2 is 1.94 bits per heavy atom. The fourth-order valence-corrected chi connectivity index (χ4v) is 1.76. The molecule has 88 valence electrons. The van der Waals surface area contributed by atoms with Crippen LogP contribution in [0.15, 0.2) is 34.9 Å². The summed E-state index contributed by atoms with van der Waals surface area (Å²) in [5.74, 6) is 0.496. The zero-order valence-electron chi connectivity index (χ0n) is 10.2. The molecule has 2 aromatic rings. The van der Waals surface area contributed by atoms with Gasteiger partial charge in [-0.3, -0.25) is 4.79 Å². The number of amides is 1. The van der Waals surface area contributed by atoms with Gasteiger partial charge in [0.15, 0.2) is 0 Å². The molecule has 1 amide bonds. The number of hydrogen-bond acceptors (Lipinski definition) is 2. The topological polar surface area (TPSA) is 42.2 Å². The molecule has 0 spiro atoms. The summed E-state index contributed by atoms with van der Waals surface area (Å²) in [4.78, 5) is 12.0. The largest absolute Gasteiger partial charge is 0.469 e. The summed E-state index contributed by atoms with van der Waals surface area (Å²) in [6, 6.07) is 7.61. The highest BCUT2D eigenvalue weighted by Crippen LogP contribution is 2.18. The highest BCUT2D eigenvalue weighted by atomic mass is 16.3. The number of carbonyl (C=O) groups excluding carboxylic acids is 1. The molecule has 0 radical (unpaired) electrons. The number of nitrogens with one attached hydrogen (secondary N) is 1. The second kappa shape index (κ2) is 4.45. The summed E-state index contributed by atoms with van der Waals surface area (Å²) in [5.41, 5.74) is 3.64. The average Bonchev–Trinajstić information content (AvgIpc) is 2.68. The maximum absolute atomic E-state index is 12.0. The minimum atomic E-state index is -0.136. The van der Waals surface area contributed by atoms with Crippen molar-refractivity contribution in [1.29, 1.82) is 0 Å². The van der Waals surface area contributed by atoms with Crippen LogP contribution in [-0.4, -0.2) is 5.91 Å². The van der Waals surface area contributed by atoms with Crippen LogP contribution < -0.4 is 5.32 Å². The number of furan rings is 1. The molecule has 17 heavy (non-hydrogen) atoms. The van der Waals surface area contributed by atoms with Crippen LogP contribution >= 0.6 is 0 Å². The predicted molar refractivity (Wildman–Crippen MR) is 67.3 cm³/mol. The predicted octanol–water partition coefficient (Wildman–Crippen LogP) is 3.46. The Hall–Kier alpha value is -2.03. The Labute approximate surface area is 100 Å². The number of aryl methyl sites for hydroxylation is 3. The summed E-state index contributed by atoms with van der Waals surface area (Å²) < 4.78 is 5.11. The summed E-state index contributed by atoms with van der Waals surface area (Å²) in [6.45, 7) is 5.78. The molecule has 0 aliphatic heterocycles. The zero-order valence-corrected chi connectivity index (χ0v) is 10.2. The molecule has 0 unspecified atom stereocenters. The number of benzene rings is 1. The van der Waals surface area contributed by atoms with Crippen molar-refractivity contribution in [2.75, 3.05) is 5.32 Å². The molecule has 0 atom stereocenters. The fraction of sp³-hybridized carbons (Fsp3) is 0.214. The molecule has 1 aromatic heterocycles. The summed E-state index contributed by atoms with van der Waals surface area (Å²) in [7, 11) is 0.